The second-order valence-electron chi connectivity index (χ2n) is 4.95. The molecule has 0 radical (unpaired) electrons. The Bertz CT molecular complexity index is 897. The summed E-state index contributed by atoms with van der Waals surface area (Å²) < 4.78 is 26.6. The van der Waals surface area contributed by atoms with Crippen LogP contribution in [0.3, 0.4) is 0 Å². The molecule has 0 aliphatic carbocycles. The highest BCUT2D eigenvalue weighted by Crippen LogP contribution is 2.23. The maximum absolute atomic E-state index is 13.7. The largest absolute Gasteiger partial charge is 0.384 e. The molecule has 122 valence electrons. The third-order valence-corrected chi connectivity index (χ3v) is 4.07. The van der Waals surface area contributed by atoms with Gasteiger partial charge in [0.2, 0.25) is 0 Å². The van der Waals surface area contributed by atoms with E-state index < -0.39 is 17.5 Å². The fourth-order valence-electron chi connectivity index (χ4n) is 2.04. The summed E-state index contributed by atoms with van der Waals surface area (Å²) in [4.78, 5) is 20.8. The maximum Gasteiger partial charge on any atom is 0.276 e. The summed E-state index contributed by atoms with van der Waals surface area (Å²) in [5, 5.41) is 2.97. The summed E-state index contributed by atoms with van der Waals surface area (Å²) in [5.74, 6) is -1.42. The van der Waals surface area contributed by atoms with Gasteiger partial charge in [-0.15, -0.1) is 11.3 Å². The number of pyridine rings is 1. The van der Waals surface area contributed by atoms with Crippen molar-refractivity contribution >= 4 is 28.2 Å². The van der Waals surface area contributed by atoms with E-state index in [1.807, 2.05) is 0 Å². The Hall–Kier alpha value is -2.87. The zero-order chi connectivity index (χ0) is 17.1. The van der Waals surface area contributed by atoms with E-state index in [1.54, 1.807) is 12.1 Å². The van der Waals surface area contributed by atoms with Gasteiger partial charge in [0.05, 0.1) is 0 Å². The predicted molar refractivity (Wildman–Crippen MR) is 87.9 cm³/mol. The molecule has 3 aromatic rings. The average Bonchev–Trinajstić information content (AvgIpc) is 2.97. The molecule has 3 N–H and O–H groups in total. The minimum absolute atomic E-state index is 0.177. The summed E-state index contributed by atoms with van der Waals surface area (Å²) in [7, 11) is 0. The van der Waals surface area contributed by atoms with Crippen molar-refractivity contribution in [3.8, 4) is 0 Å². The Morgan fingerprint density at radius 1 is 1.25 bits per heavy atom. The molecule has 0 aliphatic heterocycles. The first-order valence-electron chi connectivity index (χ1n) is 6.94. The molecule has 1 aromatic carbocycles. The second-order valence-corrected chi connectivity index (χ2v) is 6.06. The van der Waals surface area contributed by atoms with Crippen molar-refractivity contribution in [2.75, 3.05) is 11.1 Å². The van der Waals surface area contributed by atoms with Gasteiger partial charge >= 0.3 is 0 Å². The van der Waals surface area contributed by atoms with Crippen LogP contribution in [0.4, 0.5) is 19.7 Å². The fraction of sp³-hybridized carbons (Fsp3) is 0.0625. The van der Waals surface area contributed by atoms with Crippen molar-refractivity contribution < 1.29 is 13.6 Å². The number of nitrogen functional groups attached to an aromatic ring is 1. The number of nitrogens with zero attached hydrogens (tertiary/aromatic N) is 2. The van der Waals surface area contributed by atoms with E-state index in [9.17, 15) is 13.6 Å². The lowest BCUT2D eigenvalue weighted by Gasteiger charge is -2.02. The van der Waals surface area contributed by atoms with Gasteiger partial charge in [-0.05, 0) is 23.8 Å². The summed E-state index contributed by atoms with van der Waals surface area (Å²) >= 11 is 1.21. The minimum Gasteiger partial charge on any atom is -0.384 e. The highest BCUT2D eigenvalue weighted by Gasteiger charge is 2.12. The summed E-state index contributed by atoms with van der Waals surface area (Å²) in [6, 6.07) is 8.17. The first kappa shape index (κ1) is 16.0. The van der Waals surface area contributed by atoms with Gasteiger partial charge in [0.1, 0.15) is 23.1 Å². The third kappa shape index (κ3) is 3.72. The molecule has 0 aliphatic rings. The van der Waals surface area contributed by atoms with Crippen molar-refractivity contribution in [3.63, 3.8) is 0 Å². The number of anilines is 2. The SMILES string of the molecule is Nc1cccc(C(=O)Nc2ncc(Cc3ccc(F)cc3F)s2)n1. The first-order chi connectivity index (χ1) is 11.5. The van der Waals surface area contributed by atoms with Gasteiger partial charge in [-0.1, -0.05) is 12.1 Å². The van der Waals surface area contributed by atoms with Gasteiger partial charge < -0.3 is 5.73 Å². The van der Waals surface area contributed by atoms with Crippen molar-refractivity contribution in [2.45, 2.75) is 6.42 Å². The van der Waals surface area contributed by atoms with Crippen molar-refractivity contribution in [1.29, 1.82) is 0 Å². The van der Waals surface area contributed by atoms with Crippen LogP contribution in [0.5, 0.6) is 0 Å². The standard InChI is InChI=1S/C16H12F2N4OS/c17-10-5-4-9(12(18)7-10)6-11-8-20-16(24-11)22-15(23)13-2-1-3-14(19)21-13/h1-5,7-8H,6H2,(H2,19,21)(H,20,22,23). The molecular formula is C16H12F2N4OS. The molecule has 24 heavy (non-hydrogen) atoms. The predicted octanol–water partition coefficient (Wildman–Crippen LogP) is 3.24. The lowest BCUT2D eigenvalue weighted by molar-refractivity contribution is 0.102. The fourth-order valence-corrected chi connectivity index (χ4v) is 2.87. The van der Waals surface area contributed by atoms with Crippen molar-refractivity contribution in [1.82, 2.24) is 9.97 Å². The zero-order valence-electron chi connectivity index (χ0n) is 12.3. The first-order valence-corrected chi connectivity index (χ1v) is 7.75. The molecule has 0 fully saturated rings. The highest BCUT2D eigenvalue weighted by molar-refractivity contribution is 7.15. The number of carbonyl (C=O) groups is 1. The van der Waals surface area contributed by atoms with Crippen LogP contribution in [0.2, 0.25) is 0 Å². The number of hydrogen-bond acceptors (Lipinski definition) is 5. The maximum atomic E-state index is 13.7. The van der Waals surface area contributed by atoms with Gasteiger partial charge in [0.15, 0.2) is 5.13 Å². The number of halogens is 2. The molecule has 8 heteroatoms. The van der Waals surface area contributed by atoms with Crippen LogP contribution in [-0.4, -0.2) is 15.9 Å². The Balaban J connectivity index is 1.70. The minimum atomic E-state index is -0.622. The topological polar surface area (TPSA) is 80.9 Å². The Labute approximate surface area is 140 Å². The summed E-state index contributed by atoms with van der Waals surface area (Å²) in [5.41, 5.74) is 6.07. The number of benzene rings is 1. The molecule has 0 saturated heterocycles. The number of thiazole rings is 1. The van der Waals surface area contributed by atoms with Gasteiger partial charge in [0, 0.05) is 23.6 Å². The lowest BCUT2D eigenvalue weighted by Crippen LogP contribution is -2.13. The molecule has 1 amide bonds. The van der Waals surface area contributed by atoms with E-state index in [0.717, 1.165) is 10.9 Å². The van der Waals surface area contributed by atoms with Crippen LogP contribution in [0, 0.1) is 11.6 Å². The second kappa shape index (κ2) is 6.71. The Morgan fingerprint density at radius 3 is 2.83 bits per heavy atom. The van der Waals surface area contributed by atoms with Gasteiger partial charge in [-0.25, -0.2) is 18.7 Å². The number of aromatic nitrogens is 2. The number of rotatable bonds is 4. The highest BCUT2D eigenvalue weighted by atomic mass is 32.1. The van der Waals surface area contributed by atoms with E-state index in [2.05, 4.69) is 15.3 Å². The van der Waals surface area contributed by atoms with E-state index in [0.29, 0.717) is 10.7 Å². The number of nitrogens with two attached hydrogens (primary N) is 1. The molecule has 3 rings (SSSR count). The molecule has 2 heterocycles. The average molecular weight is 346 g/mol. The smallest absolute Gasteiger partial charge is 0.276 e. The van der Waals surface area contributed by atoms with Crippen LogP contribution in [-0.2, 0) is 6.42 Å². The third-order valence-electron chi connectivity index (χ3n) is 3.16. The zero-order valence-corrected chi connectivity index (χ0v) is 13.1. The number of carbonyl (C=O) groups excluding carboxylic acids is 1. The van der Waals surface area contributed by atoms with Crippen molar-refractivity contribution in [3.05, 3.63) is 70.4 Å². The molecular weight excluding hydrogens is 334 g/mol. The van der Waals surface area contributed by atoms with Crippen LogP contribution in [0.25, 0.3) is 0 Å². The van der Waals surface area contributed by atoms with E-state index in [-0.39, 0.29) is 17.9 Å². The molecule has 2 aromatic heterocycles. The Morgan fingerprint density at radius 2 is 2.08 bits per heavy atom. The molecule has 0 bridgehead atoms. The van der Waals surface area contributed by atoms with Crippen LogP contribution < -0.4 is 11.1 Å². The van der Waals surface area contributed by atoms with Gasteiger partial charge in [-0.2, -0.15) is 0 Å². The molecule has 0 spiro atoms. The summed E-state index contributed by atoms with van der Waals surface area (Å²) in [6.45, 7) is 0. The van der Waals surface area contributed by atoms with Crippen LogP contribution in [0.1, 0.15) is 20.9 Å². The molecule has 0 atom stereocenters. The molecule has 0 saturated carbocycles. The van der Waals surface area contributed by atoms with Crippen molar-refractivity contribution in [2.24, 2.45) is 0 Å². The number of amides is 1. The van der Waals surface area contributed by atoms with E-state index >= 15 is 0 Å². The number of nitrogens with one attached hydrogen (secondary N) is 1. The molecule has 5 nitrogen and oxygen atoms in total. The lowest BCUT2D eigenvalue weighted by atomic mass is 10.1. The summed E-state index contributed by atoms with van der Waals surface area (Å²) in [6.07, 6.45) is 1.80. The van der Waals surface area contributed by atoms with E-state index in [4.69, 9.17) is 5.73 Å². The van der Waals surface area contributed by atoms with Crippen LogP contribution in [0.15, 0.2) is 42.6 Å². The Kier molecular flexibility index (Phi) is 4.48. The molecule has 0 unspecified atom stereocenters. The quantitative estimate of drug-likeness (QED) is 0.760. The van der Waals surface area contributed by atoms with Crippen LogP contribution >= 0.6 is 11.3 Å². The van der Waals surface area contributed by atoms with E-state index in [1.165, 1.54) is 35.7 Å². The monoisotopic (exact) mass is 346 g/mol. The normalized spacial score (nSPS) is 10.6. The number of hydrogen-bond donors (Lipinski definition) is 2. The van der Waals surface area contributed by atoms with Gasteiger partial charge in [0.25, 0.3) is 5.91 Å². The van der Waals surface area contributed by atoms with Gasteiger partial charge in [-0.3, -0.25) is 10.1 Å².